The molecule has 0 unspecified atom stereocenters. The second-order valence-corrected chi connectivity index (χ2v) is 14.4. The van der Waals surface area contributed by atoms with Gasteiger partial charge in [0.15, 0.2) is 11.5 Å². The molecule has 4 rings (SSSR count). The molecule has 2 amide bonds. The number of sulfonamides is 1. The van der Waals surface area contributed by atoms with E-state index in [2.05, 4.69) is 5.32 Å². The molecule has 11 nitrogen and oxygen atoms in total. The van der Waals surface area contributed by atoms with Crippen molar-refractivity contribution in [1.82, 2.24) is 10.2 Å². The van der Waals surface area contributed by atoms with E-state index < -0.39 is 28.5 Å². The van der Waals surface area contributed by atoms with Gasteiger partial charge in [-0.1, -0.05) is 67.9 Å². The molecule has 1 N–H and O–H groups in total. The number of hydrogen-bond donors (Lipinski definition) is 1. The van der Waals surface area contributed by atoms with Gasteiger partial charge in [0.25, 0.3) is 10.0 Å². The van der Waals surface area contributed by atoms with Crippen LogP contribution in [0.25, 0.3) is 0 Å². The summed E-state index contributed by atoms with van der Waals surface area (Å²) in [5.41, 5.74) is 1.56. The Hall–Kier alpha value is -4.94. The molecule has 0 spiro atoms. The van der Waals surface area contributed by atoms with Crippen molar-refractivity contribution >= 4 is 39.1 Å². The quantitative estimate of drug-likeness (QED) is 0.140. The molecule has 51 heavy (non-hydrogen) atoms. The summed E-state index contributed by atoms with van der Waals surface area (Å²) < 4.78 is 52.1. The van der Waals surface area contributed by atoms with Crippen molar-refractivity contribution in [1.29, 1.82) is 0 Å². The topological polar surface area (TPSA) is 124 Å². The van der Waals surface area contributed by atoms with Gasteiger partial charge in [-0.3, -0.25) is 13.9 Å². The van der Waals surface area contributed by atoms with Gasteiger partial charge in [-0.2, -0.15) is 0 Å². The van der Waals surface area contributed by atoms with E-state index >= 15 is 0 Å². The van der Waals surface area contributed by atoms with E-state index in [1.54, 1.807) is 36.4 Å². The highest BCUT2D eigenvalue weighted by molar-refractivity contribution is 7.92. The predicted octanol–water partition coefficient (Wildman–Crippen LogP) is 5.98. The number of carbonyl (C=O) groups is 2. The highest BCUT2D eigenvalue weighted by Crippen LogP contribution is 2.38. The van der Waals surface area contributed by atoms with Gasteiger partial charge in [-0.15, -0.1) is 0 Å². The lowest BCUT2D eigenvalue weighted by Gasteiger charge is -2.34. The first-order chi connectivity index (χ1) is 24.4. The lowest BCUT2D eigenvalue weighted by Crippen LogP contribution is -2.53. The first-order valence-corrected chi connectivity index (χ1v) is 18.1. The van der Waals surface area contributed by atoms with Gasteiger partial charge in [0.05, 0.1) is 39.0 Å². The molecule has 4 aromatic carbocycles. The average Bonchev–Trinajstić information content (AvgIpc) is 3.14. The molecule has 0 aliphatic heterocycles. The molecule has 4 aromatic rings. The molecular weight excluding hydrogens is 694 g/mol. The maximum Gasteiger partial charge on any atom is 0.265 e. The van der Waals surface area contributed by atoms with Gasteiger partial charge in [0, 0.05) is 36.7 Å². The molecule has 0 radical (unpaired) electrons. The first kappa shape index (κ1) is 38.9. The zero-order chi connectivity index (χ0) is 37.1. The van der Waals surface area contributed by atoms with Crippen LogP contribution in [0.1, 0.15) is 25.0 Å². The zero-order valence-electron chi connectivity index (χ0n) is 29.6. The number of hydrogen-bond acceptors (Lipinski definition) is 8. The number of nitrogens with one attached hydrogen (secondary N) is 1. The summed E-state index contributed by atoms with van der Waals surface area (Å²) in [5.74, 6) is 0.142. The van der Waals surface area contributed by atoms with Crippen molar-refractivity contribution in [3.63, 3.8) is 0 Å². The van der Waals surface area contributed by atoms with Crippen molar-refractivity contribution in [3.8, 4) is 23.0 Å². The fraction of sp³-hybridized carbons (Fsp3) is 0.316. The Morgan fingerprint density at radius 3 is 2.02 bits per heavy atom. The van der Waals surface area contributed by atoms with Crippen molar-refractivity contribution < 1.29 is 37.0 Å². The van der Waals surface area contributed by atoms with Crippen molar-refractivity contribution in [2.24, 2.45) is 5.92 Å². The van der Waals surface area contributed by atoms with Gasteiger partial charge in [-0.25, -0.2) is 8.42 Å². The molecular formula is C38H44ClN3O8S. The van der Waals surface area contributed by atoms with E-state index in [1.807, 2.05) is 44.2 Å². The summed E-state index contributed by atoms with van der Waals surface area (Å²) in [4.78, 5) is 30.1. The number of rotatable bonds is 17. The standard InChI is InChI=1S/C38H44ClN3O8S/c1-26(2)23-40-38(44)33(20-27-10-8-7-9-11-27)41(24-28-12-14-29(39)15-13-28)37(43)25-42(32-21-30(47-3)16-18-34(32)48-4)51(45,46)31-17-19-35(49-5)36(22-31)50-6/h7-19,21-22,26,33H,20,23-25H2,1-6H3,(H,40,44)/t33-/m0/s1. The number of benzene rings is 4. The van der Waals surface area contributed by atoms with E-state index in [0.717, 1.165) is 9.87 Å². The molecule has 13 heteroatoms. The minimum absolute atomic E-state index is 0.0118. The summed E-state index contributed by atoms with van der Waals surface area (Å²) in [6.45, 7) is 3.62. The minimum Gasteiger partial charge on any atom is -0.497 e. The van der Waals surface area contributed by atoms with Gasteiger partial charge in [0.2, 0.25) is 11.8 Å². The van der Waals surface area contributed by atoms with E-state index in [1.165, 1.54) is 57.6 Å². The van der Waals surface area contributed by atoms with Gasteiger partial charge < -0.3 is 29.2 Å². The number of anilines is 1. The molecule has 0 aliphatic rings. The van der Waals surface area contributed by atoms with E-state index in [0.29, 0.717) is 28.6 Å². The van der Waals surface area contributed by atoms with Crippen LogP contribution in [0.15, 0.2) is 95.9 Å². The van der Waals surface area contributed by atoms with Crippen LogP contribution < -0.4 is 28.6 Å². The number of ether oxygens (including phenoxy) is 4. The second-order valence-electron chi connectivity index (χ2n) is 12.1. The largest absolute Gasteiger partial charge is 0.497 e. The van der Waals surface area contributed by atoms with Crippen LogP contribution >= 0.6 is 11.6 Å². The molecule has 0 saturated carbocycles. The normalized spacial score (nSPS) is 11.8. The molecule has 0 saturated heterocycles. The predicted molar refractivity (Wildman–Crippen MR) is 197 cm³/mol. The van der Waals surface area contributed by atoms with Gasteiger partial charge in [0.1, 0.15) is 24.1 Å². The van der Waals surface area contributed by atoms with Crippen LogP contribution in [0, 0.1) is 5.92 Å². The van der Waals surface area contributed by atoms with Crippen LogP contribution in [0.5, 0.6) is 23.0 Å². The van der Waals surface area contributed by atoms with Crippen LogP contribution in [0.4, 0.5) is 5.69 Å². The maximum absolute atomic E-state index is 14.8. The Kier molecular flexibility index (Phi) is 13.6. The molecule has 0 aliphatic carbocycles. The Morgan fingerprint density at radius 1 is 0.765 bits per heavy atom. The van der Waals surface area contributed by atoms with Crippen LogP contribution in [0.2, 0.25) is 5.02 Å². The Bertz CT molecular complexity index is 1890. The van der Waals surface area contributed by atoms with E-state index in [-0.39, 0.29) is 46.9 Å². The smallest absolute Gasteiger partial charge is 0.265 e. The number of amides is 2. The second kappa shape index (κ2) is 17.8. The van der Waals surface area contributed by atoms with Crippen LogP contribution in [-0.4, -0.2) is 72.7 Å². The molecule has 1 atom stereocenters. The zero-order valence-corrected chi connectivity index (χ0v) is 31.2. The summed E-state index contributed by atoms with van der Waals surface area (Å²) in [7, 11) is 1.18. The van der Waals surface area contributed by atoms with Crippen molar-refractivity contribution in [3.05, 3.63) is 107 Å². The maximum atomic E-state index is 14.8. The monoisotopic (exact) mass is 737 g/mol. The Labute approximate surface area is 305 Å². The third-order valence-corrected chi connectivity index (χ3v) is 10.1. The molecule has 0 heterocycles. The third-order valence-electron chi connectivity index (χ3n) is 8.10. The highest BCUT2D eigenvalue weighted by Gasteiger charge is 2.36. The summed E-state index contributed by atoms with van der Waals surface area (Å²) in [6, 6.07) is 24.0. The minimum atomic E-state index is -4.51. The van der Waals surface area contributed by atoms with Crippen LogP contribution in [0.3, 0.4) is 0 Å². The lowest BCUT2D eigenvalue weighted by atomic mass is 10.0. The number of nitrogens with zero attached hydrogens (tertiary/aromatic N) is 2. The Balaban J connectivity index is 1.89. The molecule has 0 bridgehead atoms. The SMILES string of the molecule is COc1ccc(OC)c(N(CC(=O)N(Cc2ccc(Cl)cc2)[C@@H](Cc2ccccc2)C(=O)NCC(C)C)S(=O)(=O)c2ccc(OC)c(OC)c2)c1. The van der Waals surface area contributed by atoms with Crippen molar-refractivity contribution in [2.75, 3.05) is 45.8 Å². The summed E-state index contributed by atoms with van der Waals surface area (Å²) in [6.07, 6.45) is 0.176. The lowest BCUT2D eigenvalue weighted by molar-refractivity contribution is -0.140. The van der Waals surface area contributed by atoms with E-state index in [4.69, 9.17) is 30.5 Å². The summed E-state index contributed by atoms with van der Waals surface area (Å²) in [5, 5.41) is 3.49. The van der Waals surface area contributed by atoms with Crippen LogP contribution in [-0.2, 0) is 32.6 Å². The summed E-state index contributed by atoms with van der Waals surface area (Å²) >= 11 is 6.18. The first-order valence-electron chi connectivity index (χ1n) is 16.2. The highest BCUT2D eigenvalue weighted by atomic mass is 35.5. The average molecular weight is 738 g/mol. The van der Waals surface area contributed by atoms with Gasteiger partial charge in [-0.05, 0) is 53.4 Å². The van der Waals surface area contributed by atoms with Crippen molar-refractivity contribution in [2.45, 2.75) is 37.8 Å². The van der Waals surface area contributed by atoms with Gasteiger partial charge >= 0.3 is 0 Å². The third kappa shape index (κ3) is 9.86. The fourth-order valence-electron chi connectivity index (χ4n) is 5.37. The number of methoxy groups -OCH3 is 4. The fourth-order valence-corrected chi connectivity index (χ4v) is 6.93. The number of carbonyl (C=O) groups excluding carboxylic acids is 2. The Morgan fingerprint density at radius 2 is 1.41 bits per heavy atom. The number of halogens is 1. The molecule has 272 valence electrons. The van der Waals surface area contributed by atoms with E-state index in [9.17, 15) is 18.0 Å². The molecule has 0 aromatic heterocycles. The molecule has 0 fully saturated rings.